The lowest BCUT2D eigenvalue weighted by Crippen LogP contribution is -2.61. The van der Waals surface area contributed by atoms with Gasteiger partial charge < -0.3 is 25.8 Å². The van der Waals surface area contributed by atoms with Gasteiger partial charge in [0, 0.05) is 45.7 Å². The van der Waals surface area contributed by atoms with Crippen molar-refractivity contribution in [1.29, 1.82) is 0 Å². The molecule has 3 amide bonds. The number of benzene rings is 3. The van der Waals surface area contributed by atoms with Gasteiger partial charge in [0.25, 0.3) is 5.91 Å². The van der Waals surface area contributed by atoms with E-state index in [-0.39, 0.29) is 56.6 Å². The number of piperidine rings is 1. The van der Waals surface area contributed by atoms with Crippen molar-refractivity contribution < 1.29 is 28.6 Å². The number of thiophene rings is 1. The number of hydrogen-bond donors (Lipinski definition) is 4. The number of likely N-dealkylation sites (tertiary alicyclic amines) is 1. The van der Waals surface area contributed by atoms with Crippen LogP contribution in [0.2, 0.25) is 15.1 Å². The Hall–Kier alpha value is -3.71. The molecule has 48 heavy (non-hydrogen) atoms. The van der Waals surface area contributed by atoms with Gasteiger partial charge in [0.05, 0.1) is 11.6 Å². The van der Waals surface area contributed by atoms with E-state index in [1.54, 1.807) is 59.5 Å². The first-order chi connectivity index (χ1) is 23.0. The number of primary amides is 1. The minimum atomic E-state index is -1.07. The molecule has 0 atom stereocenters. The maximum Gasteiger partial charge on any atom is 0.267 e. The zero-order valence-corrected chi connectivity index (χ0v) is 28.6. The SMILES string of the molecule is NC(=O)C1(NCc2ccc(F)cc2)CCN(C(=O)c2sc(-c3ccc(Cl)cc3Cl)c(-c3ccc(Cl)cc3)c2OCCNC(=O)CO)CC1. The second kappa shape index (κ2) is 15.7. The molecule has 5 N–H and O–H groups in total. The lowest BCUT2D eigenvalue weighted by atomic mass is 9.86. The fourth-order valence-corrected chi connectivity index (χ4v) is 7.41. The van der Waals surface area contributed by atoms with Gasteiger partial charge in [0.1, 0.15) is 29.4 Å². The molecule has 0 aliphatic carbocycles. The Bertz CT molecular complexity index is 1800. The van der Waals surface area contributed by atoms with Crippen LogP contribution < -0.4 is 21.1 Å². The Morgan fingerprint density at radius 3 is 2.27 bits per heavy atom. The van der Waals surface area contributed by atoms with Gasteiger partial charge in [0.2, 0.25) is 11.8 Å². The summed E-state index contributed by atoms with van der Waals surface area (Å²) in [6.45, 7) is 0.130. The van der Waals surface area contributed by atoms with Gasteiger partial charge in [-0.2, -0.15) is 0 Å². The Labute approximate surface area is 295 Å². The highest BCUT2D eigenvalue weighted by Crippen LogP contribution is 2.50. The van der Waals surface area contributed by atoms with Crippen molar-refractivity contribution in [3.63, 3.8) is 0 Å². The van der Waals surface area contributed by atoms with E-state index >= 15 is 0 Å². The zero-order chi connectivity index (χ0) is 34.4. The monoisotopic (exact) mass is 732 g/mol. The minimum absolute atomic E-state index is 0.00474. The molecule has 0 spiro atoms. The van der Waals surface area contributed by atoms with E-state index in [4.69, 9.17) is 50.4 Å². The topological polar surface area (TPSA) is 134 Å². The maximum absolute atomic E-state index is 14.3. The smallest absolute Gasteiger partial charge is 0.267 e. The van der Waals surface area contributed by atoms with Crippen LogP contribution in [0.25, 0.3) is 21.6 Å². The number of nitrogens with zero attached hydrogens (tertiary/aromatic N) is 1. The van der Waals surface area contributed by atoms with Crippen molar-refractivity contribution in [2.75, 3.05) is 32.8 Å². The average Bonchev–Trinajstić information content (AvgIpc) is 3.45. The summed E-state index contributed by atoms with van der Waals surface area (Å²) in [6, 6.07) is 18.1. The number of halogens is 4. The number of carbonyl (C=O) groups excluding carboxylic acids is 3. The van der Waals surface area contributed by atoms with Gasteiger partial charge >= 0.3 is 0 Å². The van der Waals surface area contributed by atoms with Crippen LogP contribution in [0.5, 0.6) is 5.75 Å². The summed E-state index contributed by atoms with van der Waals surface area (Å²) in [5, 5.41) is 16.2. The number of hydrogen-bond acceptors (Lipinski definition) is 7. The summed E-state index contributed by atoms with van der Waals surface area (Å²) in [5.74, 6) is -1.49. The molecule has 252 valence electrons. The molecule has 1 aliphatic heterocycles. The van der Waals surface area contributed by atoms with Crippen molar-refractivity contribution in [2.24, 2.45) is 5.73 Å². The molecule has 0 bridgehead atoms. The molecule has 9 nitrogen and oxygen atoms in total. The van der Waals surface area contributed by atoms with Gasteiger partial charge in [0.15, 0.2) is 5.75 Å². The van der Waals surface area contributed by atoms with Crippen molar-refractivity contribution in [3.8, 4) is 27.3 Å². The third-order valence-electron chi connectivity index (χ3n) is 8.10. The summed E-state index contributed by atoms with van der Waals surface area (Å²) in [5.41, 5.74) is 7.53. The van der Waals surface area contributed by atoms with Gasteiger partial charge in [-0.1, -0.05) is 65.1 Å². The third kappa shape index (κ3) is 8.11. The first kappa shape index (κ1) is 35.6. The number of rotatable bonds is 12. The number of aliphatic hydroxyl groups is 1. The van der Waals surface area contributed by atoms with Crippen LogP contribution in [0.4, 0.5) is 4.39 Å². The van der Waals surface area contributed by atoms with Gasteiger partial charge in [-0.25, -0.2) is 4.39 Å². The molecule has 1 aliphatic rings. The molecule has 0 saturated carbocycles. The van der Waals surface area contributed by atoms with E-state index in [2.05, 4.69) is 10.6 Å². The number of nitrogens with one attached hydrogen (secondary N) is 2. The largest absolute Gasteiger partial charge is 0.489 e. The van der Waals surface area contributed by atoms with Crippen LogP contribution in [-0.4, -0.2) is 66.1 Å². The first-order valence-electron chi connectivity index (χ1n) is 15.0. The van der Waals surface area contributed by atoms with E-state index in [9.17, 15) is 18.8 Å². The van der Waals surface area contributed by atoms with E-state index < -0.39 is 24.0 Å². The van der Waals surface area contributed by atoms with E-state index in [0.717, 1.165) is 5.56 Å². The molecular weight excluding hydrogens is 702 g/mol. The summed E-state index contributed by atoms with van der Waals surface area (Å²) in [7, 11) is 0. The number of aliphatic hydroxyl groups excluding tert-OH is 1. The van der Waals surface area contributed by atoms with Crippen LogP contribution >= 0.6 is 46.1 Å². The normalized spacial score (nSPS) is 14.1. The summed E-state index contributed by atoms with van der Waals surface area (Å²) in [4.78, 5) is 41.3. The molecular formula is C34H32Cl3FN4O5S. The number of amides is 3. The highest BCUT2D eigenvalue weighted by Gasteiger charge is 2.41. The van der Waals surface area contributed by atoms with Crippen molar-refractivity contribution >= 4 is 63.9 Å². The van der Waals surface area contributed by atoms with Crippen LogP contribution in [0.15, 0.2) is 66.7 Å². The predicted molar refractivity (Wildman–Crippen MR) is 186 cm³/mol. The maximum atomic E-state index is 14.3. The Balaban J connectivity index is 1.49. The summed E-state index contributed by atoms with van der Waals surface area (Å²) in [6.07, 6.45) is 0.508. The Morgan fingerprint density at radius 1 is 0.979 bits per heavy atom. The molecule has 2 heterocycles. The highest BCUT2D eigenvalue weighted by atomic mass is 35.5. The Morgan fingerprint density at radius 2 is 1.65 bits per heavy atom. The first-order valence-corrected chi connectivity index (χ1v) is 16.9. The van der Waals surface area contributed by atoms with Crippen LogP contribution in [-0.2, 0) is 16.1 Å². The van der Waals surface area contributed by atoms with Gasteiger partial charge in [-0.15, -0.1) is 11.3 Å². The fourth-order valence-electron chi connectivity index (χ4n) is 5.45. The highest BCUT2D eigenvalue weighted by molar-refractivity contribution is 7.18. The van der Waals surface area contributed by atoms with E-state index in [0.29, 0.717) is 48.1 Å². The molecule has 1 fully saturated rings. The number of carbonyl (C=O) groups is 3. The lowest BCUT2D eigenvalue weighted by molar-refractivity contribution is -0.126. The Kier molecular flexibility index (Phi) is 11.6. The van der Waals surface area contributed by atoms with Gasteiger partial charge in [-0.05, 0) is 60.4 Å². The molecule has 0 radical (unpaired) electrons. The second-order valence-corrected chi connectivity index (χ2v) is 13.5. The van der Waals surface area contributed by atoms with Crippen LogP contribution in [0.1, 0.15) is 28.1 Å². The van der Waals surface area contributed by atoms with E-state index in [1.165, 1.54) is 23.5 Å². The van der Waals surface area contributed by atoms with Crippen molar-refractivity contribution in [2.45, 2.75) is 24.9 Å². The third-order valence-corrected chi connectivity index (χ3v) is 10.1. The standard InChI is InChI=1S/C34H32Cl3FN4O5S/c35-22-5-3-21(4-6-22)28-29(47-16-13-40-27(44)19-43)31(48-30(28)25-10-7-23(36)17-26(25)37)32(45)42-14-11-34(12-15-42,33(39)46)41-18-20-1-8-24(38)9-2-20/h1-10,17,41,43H,11-16,18-19H2,(H2,39,46)(H,40,44). The summed E-state index contributed by atoms with van der Waals surface area (Å²) < 4.78 is 19.6. The van der Waals surface area contributed by atoms with E-state index in [1.807, 2.05) is 0 Å². The average molecular weight is 734 g/mol. The molecule has 4 aromatic rings. The lowest BCUT2D eigenvalue weighted by Gasteiger charge is -2.40. The fraction of sp³-hybridized carbons (Fsp3) is 0.265. The van der Waals surface area contributed by atoms with Crippen molar-refractivity contribution in [1.82, 2.24) is 15.5 Å². The number of ether oxygens (including phenoxy) is 1. The zero-order valence-electron chi connectivity index (χ0n) is 25.5. The minimum Gasteiger partial charge on any atom is -0.489 e. The molecule has 0 unspecified atom stereocenters. The van der Waals surface area contributed by atoms with Crippen LogP contribution in [0.3, 0.4) is 0 Å². The molecule has 3 aromatic carbocycles. The van der Waals surface area contributed by atoms with Gasteiger partial charge in [-0.3, -0.25) is 19.7 Å². The molecule has 5 rings (SSSR count). The van der Waals surface area contributed by atoms with Crippen molar-refractivity contribution in [3.05, 3.63) is 98.1 Å². The molecule has 1 aromatic heterocycles. The molecule has 14 heteroatoms. The number of nitrogens with two attached hydrogens (primary N) is 1. The quantitative estimate of drug-likeness (QED) is 0.134. The predicted octanol–water partition coefficient (Wildman–Crippen LogP) is 5.92. The second-order valence-electron chi connectivity index (χ2n) is 11.2. The molecule has 1 saturated heterocycles. The summed E-state index contributed by atoms with van der Waals surface area (Å²) >= 11 is 20.3. The van der Waals surface area contributed by atoms with Crippen LogP contribution in [0, 0.1) is 5.82 Å².